The van der Waals surface area contributed by atoms with Crippen LogP contribution in [-0.4, -0.2) is 76.0 Å². The Bertz CT molecular complexity index is 1370. The number of fused-ring (bicyclic) bond motifs is 3. The van der Waals surface area contributed by atoms with E-state index in [1.54, 1.807) is 0 Å². The summed E-state index contributed by atoms with van der Waals surface area (Å²) >= 11 is 0. The molecule has 382 valence electrons. The van der Waals surface area contributed by atoms with Crippen molar-refractivity contribution >= 4 is 61.6 Å². The Hall–Kier alpha value is 1.75. The van der Waals surface area contributed by atoms with Crippen molar-refractivity contribution in [2.75, 3.05) is 0 Å². The molecule has 3 N–H and O–H groups in total. The molecule has 11 fully saturated rings. The predicted octanol–water partition coefficient (Wildman–Crippen LogP) is 13.0. The van der Waals surface area contributed by atoms with Crippen molar-refractivity contribution in [3.8, 4) is 0 Å². The van der Waals surface area contributed by atoms with Gasteiger partial charge in [0.25, 0.3) is 0 Å². The molecule has 0 aromatic rings. The summed E-state index contributed by atoms with van der Waals surface area (Å²) < 4.78 is 71.9. The fourth-order valence-corrected chi connectivity index (χ4v) is 57.3. The van der Waals surface area contributed by atoms with Gasteiger partial charge in [0.15, 0.2) is 0 Å². The first kappa shape index (κ1) is 53.6. The Morgan fingerprint density at radius 3 is 0.507 bits per heavy atom. The smallest absolute Gasteiger partial charge is 0.390 e. The van der Waals surface area contributed by atoms with Gasteiger partial charge >= 0.3 is 61.6 Å². The molecule has 12 nitrogen and oxygen atoms in total. The molecule has 67 heavy (non-hydrogen) atoms. The minimum Gasteiger partial charge on any atom is -0.390 e. The molecule has 0 spiro atoms. The molecule has 3 saturated heterocycles. The van der Waals surface area contributed by atoms with Crippen LogP contribution in [0.2, 0.25) is 38.8 Å². The number of hydrogen-bond donors (Lipinski definition) is 3. The van der Waals surface area contributed by atoms with E-state index in [1.165, 1.54) is 32.1 Å². The topological polar surface area (TPSA) is 144 Å². The summed E-state index contributed by atoms with van der Waals surface area (Å²) in [5, 5.41) is 0. The van der Waals surface area contributed by atoms with Crippen molar-refractivity contribution in [1.29, 1.82) is 0 Å². The van der Waals surface area contributed by atoms with Crippen LogP contribution in [0.25, 0.3) is 0 Å². The summed E-state index contributed by atoms with van der Waals surface area (Å²) in [5.74, 6) is 0. The van der Waals surface area contributed by atoms with Crippen molar-refractivity contribution in [3.63, 3.8) is 0 Å². The standard InChI is InChI=1S/C42H80O12Si7.C5H10.Ti/c43-55(36-22-8-1-9-23-36)46-58(39-28-14-4-15-29-39)48-56(44,37-24-10-2-11-25-37)50-60(41-32-18-6-19-33-41)51-57(45,38-26-12-3-13-27-38)49-59(47-55,40-30-16-5-17-31-40)53-61(52-58,54-60)42-34-20-7-21-35-42;1-2-4-5-3-1;/h36-45H,1-35H2;1-5H2;. The maximum Gasteiger partial charge on any atom is 0.486 e. The van der Waals surface area contributed by atoms with Crippen LogP contribution < -0.4 is 0 Å². The molecule has 3 heterocycles. The largest absolute Gasteiger partial charge is 0.486 e. The van der Waals surface area contributed by atoms with Crippen LogP contribution in [-0.2, 0) is 58.8 Å². The van der Waals surface area contributed by atoms with Crippen LogP contribution in [0.3, 0.4) is 0 Å². The molecule has 0 radical (unpaired) electrons. The Kier molecular flexibility index (Phi) is 18.7. The van der Waals surface area contributed by atoms with Gasteiger partial charge < -0.3 is 51.4 Å². The molecular formula is C47H90O12Si7Ti. The van der Waals surface area contributed by atoms with Crippen molar-refractivity contribution in [1.82, 2.24) is 0 Å². The van der Waals surface area contributed by atoms with Gasteiger partial charge in [0, 0.05) is 60.5 Å². The van der Waals surface area contributed by atoms with Crippen LogP contribution in [0, 0.1) is 0 Å². The fraction of sp³-hybridized carbons (Fsp3) is 1.00. The average molecular weight is 1090 g/mol. The minimum absolute atomic E-state index is 0. The number of rotatable bonds is 7. The van der Waals surface area contributed by atoms with Crippen molar-refractivity contribution in [3.05, 3.63) is 0 Å². The fourth-order valence-electron chi connectivity index (χ4n) is 14.7. The van der Waals surface area contributed by atoms with Gasteiger partial charge in [-0.2, -0.15) is 0 Å². The third-order valence-electron chi connectivity index (χ3n) is 18.6. The van der Waals surface area contributed by atoms with E-state index in [0.717, 1.165) is 225 Å². The van der Waals surface area contributed by atoms with E-state index in [-0.39, 0.29) is 60.5 Å². The summed E-state index contributed by atoms with van der Waals surface area (Å²) in [4.78, 5) is 42.0. The van der Waals surface area contributed by atoms with Crippen LogP contribution in [0.5, 0.6) is 0 Å². The predicted molar refractivity (Wildman–Crippen MR) is 268 cm³/mol. The Morgan fingerprint density at radius 2 is 0.328 bits per heavy atom. The molecule has 11 rings (SSSR count). The normalized spacial score (nSPS) is 43.4. The van der Waals surface area contributed by atoms with E-state index >= 15 is 0 Å². The quantitative estimate of drug-likeness (QED) is 0.209. The summed E-state index contributed by atoms with van der Waals surface area (Å²) in [5.41, 5.74) is -1.25. The third kappa shape index (κ3) is 11.6. The third-order valence-corrected chi connectivity index (χ3v) is 50.4. The zero-order valence-electron chi connectivity index (χ0n) is 41.3. The second-order valence-corrected chi connectivity index (χ2v) is 45.0. The first-order chi connectivity index (χ1) is 32.1. The molecule has 8 aliphatic carbocycles. The van der Waals surface area contributed by atoms with Gasteiger partial charge in [0.1, 0.15) is 0 Å². The van der Waals surface area contributed by atoms with E-state index in [4.69, 9.17) is 37.0 Å². The second kappa shape index (κ2) is 23.3. The zero-order chi connectivity index (χ0) is 45.2. The van der Waals surface area contributed by atoms with Crippen LogP contribution in [0.4, 0.5) is 0 Å². The molecule has 0 aromatic heterocycles. The second-order valence-electron chi connectivity index (χ2n) is 23.3. The van der Waals surface area contributed by atoms with Crippen molar-refractivity contribution in [2.24, 2.45) is 0 Å². The monoisotopic (exact) mass is 1090 g/mol. The minimum atomic E-state index is -4.38. The van der Waals surface area contributed by atoms with Gasteiger partial charge in [-0.3, -0.25) is 0 Å². The summed E-state index contributed by atoms with van der Waals surface area (Å²) in [7, 11) is -29.9. The summed E-state index contributed by atoms with van der Waals surface area (Å²) in [6, 6.07) is 0. The molecular weight excluding hydrogens is 1000 g/mol. The Morgan fingerprint density at radius 1 is 0.194 bits per heavy atom. The molecule has 0 unspecified atom stereocenters. The first-order valence-electron chi connectivity index (χ1n) is 28.6. The Labute approximate surface area is 427 Å². The van der Waals surface area contributed by atoms with Crippen LogP contribution in [0.15, 0.2) is 0 Å². The molecule has 11 aliphatic rings. The van der Waals surface area contributed by atoms with Crippen molar-refractivity contribution < 1.29 is 73.1 Å². The van der Waals surface area contributed by atoms with Gasteiger partial charge in [-0.05, 0) is 89.9 Å². The van der Waals surface area contributed by atoms with Gasteiger partial charge in [-0.1, -0.05) is 167 Å². The maximum atomic E-state index is 14.0. The maximum absolute atomic E-state index is 14.0. The summed E-state index contributed by atoms with van der Waals surface area (Å²) in [6.45, 7) is 0. The SMILES string of the molecule is C1CCCC1.O[Si]1(C2CCCCC2)O[Si]2(C3CCCCC3)O[Si](O)(C3CCCCC3)O[Si]3(C4CCCCC4)O[Si](O)(C4CCCCC4)O[Si](C4CCCCC4)(O1)O[Si](C1CCCCC1)(O2)O3.[Ti]. The first-order valence-corrected chi connectivity index (χ1v) is 41.3. The van der Waals surface area contributed by atoms with E-state index < -0.39 is 61.6 Å². The molecule has 8 saturated carbocycles. The van der Waals surface area contributed by atoms with E-state index in [1.807, 2.05) is 0 Å². The van der Waals surface area contributed by atoms with Crippen LogP contribution in [0.1, 0.15) is 257 Å². The van der Waals surface area contributed by atoms with Crippen LogP contribution >= 0.6 is 0 Å². The van der Waals surface area contributed by atoms with Gasteiger partial charge in [-0.25, -0.2) is 0 Å². The van der Waals surface area contributed by atoms with Gasteiger partial charge in [0.05, 0.1) is 0 Å². The molecule has 20 heteroatoms. The molecule has 0 aromatic carbocycles. The molecule has 0 atom stereocenters. The summed E-state index contributed by atoms with van der Waals surface area (Å²) in [6.07, 6.45) is 40.9. The number of hydrogen-bond acceptors (Lipinski definition) is 12. The van der Waals surface area contributed by atoms with Gasteiger partial charge in [-0.15, -0.1) is 0 Å². The Balaban J connectivity index is 0.000000881. The molecule has 3 aliphatic heterocycles. The molecule has 0 amide bonds. The van der Waals surface area contributed by atoms with E-state index in [9.17, 15) is 14.4 Å². The average Bonchev–Trinajstić information content (AvgIpc) is 3.96. The van der Waals surface area contributed by atoms with E-state index in [0.29, 0.717) is 0 Å². The molecule has 4 bridgehead atoms. The van der Waals surface area contributed by atoms with Crippen molar-refractivity contribution in [2.45, 2.75) is 296 Å². The zero-order valence-corrected chi connectivity index (χ0v) is 49.9. The van der Waals surface area contributed by atoms with E-state index in [2.05, 4.69) is 0 Å². The van der Waals surface area contributed by atoms with Gasteiger partial charge in [0.2, 0.25) is 0 Å².